The summed E-state index contributed by atoms with van der Waals surface area (Å²) in [5.41, 5.74) is 0.697. The van der Waals surface area contributed by atoms with Gasteiger partial charge in [-0.3, -0.25) is 4.98 Å². The van der Waals surface area contributed by atoms with Crippen LogP contribution in [-0.4, -0.2) is 29.3 Å². The van der Waals surface area contributed by atoms with E-state index in [1.54, 1.807) is 12.3 Å². The van der Waals surface area contributed by atoms with Gasteiger partial charge in [0.2, 0.25) is 0 Å². The van der Waals surface area contributed by atoms with Gasteiger partial charge in [0.25, 0.3) is 0 Å². The average molecular weight is 260 g/mol. The lowest BCUT2D eigenvalue weighted by atomic mass is 10.2. The Balaban J connectivity index is 2.67. The van der Waals surface area contributed by atoms with Crippen LogP contribution in [0.3, 0.4) is 0 Å². The Kier molecular flexibility index (Phi) is 4.03. The molecule has 1 atom stereocenters. The molecule has 0 aliphatic carbocycles. The lowest BCUT2D eigenvalue weighted by Crippen LogP contribution is -2.25. The molecular weight excluding hydrogens is 250 g/mol. The largest absolute Gasteiger partial charge is 0.479 e. The van der Waals surface area contributed by atoms with Crippen molar-refractivity contribution >= 4 is 21.9 Å². The van der Waals surface area contributed by atoms with Crippen LogP contribution >= 0.6 is 15.9 Å². The Morgan fingerprint density at radius 3 is 2.86 bits per heavy atom. The zero-order valence-electron chi connectivity index (χ0n) is 7.61. The predicted molar refractivity (Wildman–Crippen MR) is 54.1 cm³/mol. The molecule has 0 saturated heterocycles. The Bertz CT molecular complexity index is 312. The number of methoxy groups -OCH3 is 1. The van der Waals surface area contributed by atoms with E-state index >= 15 is 0 Å². The summed E-state index contributed by atoms with van der Waals surface area (Å²) in [6.45, 7) is 0. The SMILES string of the molecule is COC(Cc1ccc(Br)cn1)C(=O)O. The second kappa shape index (κ2) is 5.07. The van der Waals surface area contributed by atoms with Gasteiger partial charge in [-0.05, 0) is 28.1 Å². The number of nitrogens with zero attached hydrogens (tertiary/aromatic N) is 1. The van der Waals surface area contributed by atoms with Crippen LogP contribution in [-0.2, 0) is 16.0 Å². The van der Waals surface area contributed by atoms with E-state index in [0.717, 1.165) is 4.47 Å². The van der Waals surface area contributed by atoms with Crippen molar-refractivity contribution in [1.82, 2.24) is 4.98 Å². The van der Waals surface area contributed by atoms with Crippen molar-refractivity contribution in [2.75, 3.05) is 7.11 Å². The number of carboxylic acid groups (broad SMARTS) is 1. The number of aromatic nitrogens is 1. The fourth-order valence-electron chi connectivity index (χ4n) is 0.989. The maximum absolute atomic E-state index is 10.6. The van der Waals surface area contributed by atoms with Crippen LogP contribution in [0.15, 0.2) is 22.8 Å². The molecule has 1 N–H and O–H groups in total. The van der Waals surface area contributed by atoms with Crippen LogP contribution < -0.4 is 0 Å². The quantitative estimate of drug-likeness (QED) is 0.890. The predicted octanol–water partition coefficient (Wildman–Crippen LogP) is 1.49. The summed E-state index contributed by atoms with van der Waals surface area (Å²) < 4.78 is 5.66. The number of carboxylic acids is 1. The van der Waals surface area contributed by atoms with E-state index in [1.807, 2.05) is 6.07 Å². The monoisotopic (exact) mass is 259 g/mol. The molecule has 76 valence electrons. The number of aliphatic carboxylic acids is 1. The average Bonchev–Trinajstić information content (AvgIpc) is 2.16. The number of carbonyl (C=O) groups is 1. The maximum atomic E-state index is 10.6. The van der Waals surface area contributed by atoms with Crippen LogP contribution in [0.4, 0.5) is 0 Å². The molecule has 0 saturated carbocycles. The molecular formula is C9H10BrNO3. The van der Waals surface area contributed by atoms with Crippen molar-refractivity contribution in [3.63, 3.8) is 0 Å². The highest BCUT2D eigenvalue weighted by atomic mass is 79.9. The summed E-state index contributed by atoms with van der Waals surface area (Å²) in [6, 6.07) is 3.58. The van der Waals surface area contributed by atoms with Crippen molar-refractivity contribution < 1.29 is 14.6 Å². The molecule has 4 nitrogen and oxygen atoms in total. The van der Waals surface area contributed by atoms with Crippen molar-refractivity contribution in [2.24, 2.45) is 0 Å². The molecule has 0 aliphatic rings. The van der Waals surface area contributed by atoms with Gasteiger partial charge >= 0.3 is 5.97 Å². The van der Waals surface area contributed by atoms with Crippen molar-refractivity contribution in [3.05, 3.63) is 28.5 Å². The summed E-state index contributed by atoms with van der Waals surface area (Å²) in [6.07, 6.45) is 1.08. The van der Waals surface area contributed by atoms with Gasteiger partial charge in [-0.2, -0.15) is 0 Å². The topological polar surface area (TPSA) is 59.4 Å². The molecule has 0 spiro atoms. The van der Waals surface area contributed by atoms with Crippen molar-refractivity contribution in [2.45, 2.75) is 12.5 Å². The molecule has 0 aliphatic heterocycles. The van der Waals surface area contributed by atoms with Crippen LogP contribution in [0.5, 0.6) is 0 Å². The molecule has 1 aromatic heterocycles. The minimum Gasteiger partial charge on any atom is -0.479 e. The third-order valence-electron chi connectivity index (χ3n) is 1.74. The lowest BCUT2D eigenvalue weighted by Gasteiger charge is -2.09. The van der Waals surface area contributed by atoms with Gasteiger partial charge in [0.05, 0.1) is 0 Å². The fourth-order valence-corrected chi connectivity index (χ4v) is 1.22. The highest BCUT2D eigenvalue weighted by Crippen LogP contribution is 2.09. The number of rotatable bonds is 4. The van der Waals surface area contributed by atoms with Gasteiger partial charge in [-0.25, -0.2) is 4.79 Å². The first kappa shape index (κ1) is 11.1. The molecule has 5 heteroatoms. The Labute approximate surface area is 90.0 Å². The van der Waals surface area contributed by atoms with Gasteiger partial charge in [-0.1, -0.05) is 0 Å². The Morgan fingerprint density at radius 2 is 2.43 bits per heavy atom. The first-order chi connectivity index (χ1) is 6.63. The number of halogens is 1. The van der Waals surface area contributed by atoms with E-state index in [-0.39, 0.29) is 6.42 Å². The molecule has 0 fully saturated rings. The number of ether oxygens (including phenoxy) is 1. The highest BCUT2D eigenvalue weighted by molar-refractivity contribution is 9.10. The van der Waals surface area contributed by atoms with Gasteiger partial charge in [0.1, 0.15) is 0 Å². The first-order valence-electron chi connectivity index (χ1n) is 3.99. The van der Waals surface area contributed by atoms with Crippen LogP contribution in [0.2, 0.25) is 0 Å². The molecule has 14 heavy (non-hydrogen) atoms. The van der Waals surface area contributed by atoms with E-state index in [0.29, 0.717) is 5.69 Å². The molecule has 0 amide bonds. The van der Waals surface area contributed by atoms with Gasteiger partial charge < -0.3 is 9.84 Å². The van der Waals surface area contributed by atoms with Gasteiger partial charge in [-0.15, -0.1) is 0 Å². The molecule has 0 bridgehead atoms. The number of hydrogen-bond acceptors (Lipinski definition) is 3. The Hall–Kier alpha value is -0.940. The van der Waals surface area contributed by atoms with E-state index in [1.165, 1.54) is 7.11 Å². The van der Waals surface area contributed by atoms with E-state index in [4.69, 9.17) is 9.84 Å². The normalized spacial score (nSPS) is 12.4. The standard InChI is InChI=1S/C9H10BrNO3/c1-14-8(9(12)13)4-7-3-2-6(10)5-11-7/h2-3,5,8H,4H2,1H3,(H,12,13). The number of hydrogen-bond donors (Lipinski definition) is 1. The van der Waals surface area contributed by atoms with E-state index < -0.39 is 12.1 Å². The summed E-state index contributed by atoms with van der Waals surface area (Å²) >= 11 is 3.25. The molecule has 0 aromatic carbocycles. The molecule has 1 heterocycles. The Morgan fingerprint density at radius 1 is 1.71 bits per heavy atom. The zero-order valence-corrected chi connectivity index (χ0v) is 9.19. The second-order valence-corrected chi connectivity index (χ2v) is 3.65. The van der Waals surface area contributed by atoms with Crippen LogP contribution in [0, 0.1) is 0 Å². The summed E-state index contributed by atoms with van der Waals surface area (Å²) in [7, 11) is 1.37. The van der Waals surface area contributed by atoms with Crippen LogP contribution in [0.25, 0.3) is 0 Å². The summed E-state index contributed by atoms with van der Waals surface area (Å²) in [5.74, 6) is -0.975. The number of pyridine rings is 1. The van der Waals surface area contributed by atoms with Crippen molar-refractivity contribution in [3.8, 4) is 0 Å². The van der Waals surface area contributed by atoms with Crippen molar-refractivity contribution in [1.29, 1.82) is 0 Å². The van der Waals surface area contributed by atoms with Gasteiger partial charge in [0, 0.05) is 29.9 Å². The molecule has 1 unspecified atom stereocenters. The highest BCUT2D eigenvalue weighted by Gasteiger charge is 2.17. The third kappa shape index (κ3) is 3.08. The van der Waals surface area contributed by atoms with E-state index in [2.05, 4.69) is 20.9 Å². The first-order valence-corrected chi connectivity index (χ1v) is 4.79. The second-order valence-electron chi connectivity index (χ2n) is 2.73. The summed E-state index contributed by atoms with van der Waals surface area (Å²) in [4.78, 5) is 14.7. The maximum Gasteiger partial charge on any atom is 0.333 e. The lowest BCUT2D eigenvalue weighted by molar-refractivity contribution is -0.148. The minimum atomic E-state index is -0.975. The molecule has 1 aromatic rings. The fraction of sp³-hybridized carbons (Fsp3) is 0.333. The molecule has 1 rings (SSSR count). The van der Waals surface area contributed by atoms with Gasteiger partial charge in [0.15, 0.2) is 6.10 Å². The van der Waals surface area contributed by atoms with Crippen LogP contribution in [0.1, 0.15) is 5.69 Å². The molecule has 0 radical (unpaired) electrons. The minimum absolute atomic E-state index is 0.277. The zero-order chi connectivity index (χ0) is 10.6. The smallest absolute Gasteiger partial charge is 0.333 e. The summed E-state index contributed by atoms with van der Waals surface area (Å²) in [5, 5.41) is 8.73. The third-order valence-corrected chi connectivity index (χ3v) is 2.21. The van der Waals surface area contributed by atoms with E-state index in [9.17, 15) is 4.79 Å².